The van der Waals surface area contributed by atoms with E-state index in [1.807, 2.05) is 37.6 Å². The quantitative estimate of drug-likeness (QED) is 0.330. The number of rotatable bonds is 6. The SMILES string of the molecule is Cc1cc(C)c(Oc2nc(-c3cc(F)ccc3O)ccc2C(=O)NS(=O)(=O)c2cccc(N)n2)c(C)c1.[HH]. The molecule has 0 fully saturated rings. The van der Waals surface area contributed by atoms with Gasteiger partial charge >= 0.3 is 0 Å². The first-order valence-corrected chi connectivity index (χ1v) is 12.5. The number of pyridine rings is 2. The van der Waals surface area contributed by atoms with Crippen molar-refractivity contribution in [3.05, 3.63) is 88.7 Å². The summed E-state index contributed by atoms with van der Waals surface area (Å²) in [4.78, 5) is 21.2. The normalized spacial score (nSPS) is 11.2. The first-order valence-electron chi connectivity index (χ1n) is 11.0. The minimum atomic E-state index is -4.38. The number of aromatic hydroxyl groups is 1. The third-order valence-corrected chi connectivity index (χ3v) is 6.62. The Labute approximate surface area is 214 Å². The molecular formula is C26H25FN4O5S. The lowest BCUT2D eigenvalue weighted by Crippen LogP contribution is -2.31. The summed E-state index contributed by atoms with van der Waals surface area (Å²) in [7, 11) is -4.38. The number of halogens is 1. The van der Waals surface area contributed by atoms with Crippen molar-refractivity contribution in [1.29, 1.82) is 0 Å². The van der Waals surface area contributed by atoms with Crippen molar-refractivity contribution in [2.24, 2.45) is 0 Å². The number of aryl methyl sites for hydroxylation is 3. The van der Waals surface area contributed by atoms with Crippen molar-refractivity contribution >= 4 is 21.7 Å². The molecule has 0 aliphatic rings. The Kier molecular flexibility index (Phi) is 6.82. The van der Waals surface area contributed by atoms with Gasteiger partial charge in [-0.15, -0.1) is 0 Å². The van der Waals surface area contributed by atoms with Crippen LogP contribution in [-0.4, -0.2) is 29.4 Å². The zero-order valence-corrected chi connectivity index (χ0v) is 20.9. The van der Waals surface area contributed by atoms with Crippen molar-refractivity contribution in [3.8, 4) is 28.6 Å². The molecule has 0 unspecified atom stereocenters. The summed E-state index contributed by atoms with van der Waals surface area (Å²) in [6.45, 7) is 5.55. The molecule has 37 heavy (non-hydrogen) atoms. The number of hydrogen-bond acceptors (Lipinski definition) is 8. The fraction of sp³-hybridized carbons (Fsp3) is 0.115. The highest BCUT2D eigenvalue weighted by Gasteiger charge is 2.25. The molecule has 2 aromatic carbocycles. The number of sulfonamides is 1. The summed E-state index contributed by atoms with van der Waals surface area (Å²) in [5, 5.41) is 9.80. The standard InChI is InChI=1S/C26H23FN4O5S.H2/c1-14-11-15(2)24(16(3)12-14)36-26-18(8-9-20(29-26)19-13-17(27)7-10-21(19)32)25(33)31-37(34,35)23-6-4-5-22(28)30-23;/h4-13,32H,1-3H3,(H2,28,30)(H,31,33);1H. The predicted molar refractivity (Wildman–Crippen MR) is 137 cm³/mol. The molecule has 4 rings (SSSR count). The van der Waals surface area contributed by atoms with E-state index in [9.17, 15) is 22.7 Å². The van der Waals surface area contributed by atoms with Crippen LogP contribution in [0.2, 0.25) is 0 Å². The second kappa shape index (κ2) is 9.86. The maximum Gasteiger partial charge on any atom is 0.281 e. The average Bonchev–Trinajstić information content (AvgIpc) is 2.82. The fourth-order valence-corrected chi connectivity index (χ4v) is 4.73. The Morgan fingerprint density at radius 2 is 1.73 bits per heavy atom. The van der Waals surface area contributed by atoms with E-state index in [-0.39, 0.29) is 35.7 Å². The Morgan fingerprint density at radius 1 is 1.03 bits per heavy atom. The highest BCUT2D eigenvalue weighted by Crippen LogP contribution is 2.35. The lowest BCUT2D eigenvalue weighted by Gasteiger charge is -2.16. The van der Waals surface area contributed by atoms with Gasteiger partial charge in [0.1, 0.15) is 28.7 Å². The van der Waals surface area contributed by atoms with Gasteiger partial charge in [0.2, 0.25) is 5.88 Å². The molecule has 0 spiro atoms. The number of nitrogens with zero attached hydrogens (tertiary/aromatic N) is 2. The molecule has 2 aromatic heterocycles. The van der Waals surface area contributed by atoms with Crippen LogP contribution in [0, 0.1) is 26.6 Å². The number of nitrogens with one attached hydrogen (secondary N) is 1. The Hall–Kier alpha value is -4.51. The van der Waals surface area contributed by atoms with Crippen molar-refractivity contribution in [2.45, 2.75) is 25.8 Å². The lowest BCUT2D eigenvalue weighted by molar-refractivity contribution is 0.0978. The number of benzene rings is 2. The molecule has 11 heteroatoms. The molecule has 2 heterocycles. The highest BCUT2D eigenvalue weighted by molar-refractivity contribution is 7.90. The largest absolute Gasteiger partial charge is 0.507 e. The van der Waals surface area contributed by atoms with Crippen LogP contribution in [0.4, 0.5) is 10.2 Å². The minimum Gasteiger partial charge on any atom is -0.507 e. The molecule has 0 saturated carbocycles. The molecule has 0 aliphatic heterocycles. The van der Waals surface area contributed by atoms with E-state index in [4.69, 9.17) is 10.5 Å². The van der Waals surface area contributed by atoms with Gasteiger partial charge in [-0.25, -0.2) is 19.1 Å². The van der Waals surface area contributed by atoms with E-state index in [1.54, 1.807) is 0 Å². The van der Waals surface area contributed by atoms with Crippen molar-refractivity contribution < 1.29 is 28.9 Å². The van der Waals surface area contributed by atoms with Crippen LogP contribution < -0.4 is 15.2 Å². The highest BCUT2D eigenvalue weighted by atomic mass is 32.2. The van der Waals surface area contributed by atoms with E-state index >= 15 is 0 Å². The second-order valence-corrected chi connectivity index (χ2v) is 10.0. The van der Waals surface area contributed by atoms with Crippen LogP contribution in [0.25, 0.3) is 11.3 Å². The van der Waals surface area contributed by atoms with E-state index in [2.05, 4.69) is 9.97 Å². The van der Waals surface area contributed by atoms with Gasteiger partial charge < -0.3 is 15.6 Å². The smallest absolute Gasteiger partial charge is 0.281 e. The number of amides is 1. The van der Waals surface area contributed by atoms with Crippen LogP contribution in [0.1, 0.15) is 28.5 Å². The van der Waals surface area contributed by atoms with Gasteiger partial charge in [0, 0.05) is 6.99 Å². The van der Waals surface area contributed by atoms with E-state index < -0.39 is 26.8 Å². The van der Waals surface area contributed by atoms with E-state index in [0.717, 1.165) is 28.8 Å². The number of phenols is 1. The molecule has 4 N–H and O–H groups in total. The number of phenolic OH excluding ortho intramolecular Hbond substituents is 1. The summed E-state index contributed by atoms with van der Waals surface area (Å²) in [6, 6.07) is 13.7. The van der Waals surface area contributed by atoms with Crippen LogP contribution in [0.15, 0.2) is 65.7 Å². The average molecular weight is 525 g/mol. The van der Waals surface area contributed by atoms with E-state index in [1.165, 1.54) is 36.4 Å². The van der Waals surface area contributed by atoms with Gasteiger partial charge in [0.05, 0.1) is 5.69 Å². The zero-order valence-electron chi connectivity index (χ0n) is 20.1. The summed E-state index contributed by atoms with van der Waals surface area (Å²) < 4.78 is 47.4. The van der Waals surface area contributed by atoms with Crippen LogP contribution >= 0.6 is 0 Å². The van der Waals surface area contributed by atoms with Crippen molar-refractivity contribution in [1.82, 2.24) is 14.7 Å². The number of nitrogen functional groups attached to an aromatic ring is 1. The molecule has 0 radical (unpaired) electrons. The van der Waals surface area contributed by atoms with Crippen LogP contribution in [-0.2, 0) is 10.0 Å². The zero-order chi connectivity index (χ0) is 26.9. The van der Waals surface area contributed by atoms with Crippen LogP contribution in [0.3, 0.4) is 0 Å². The monoisotopic (exact) mass is 524 g/mol. The maximum atomic E-state index is 13.9. The third kappa shape index (κ3) is 5.51. The molecule has 0 saturated heterocycles. The molecule has 1 amide bonds. The number of carbonyl (C=O) groups is 1. The van der Waals surface area contributed by atoms with Gasteiger partial charge in [0.25, 0.3) is 15.9 Å². The van der Waals surface area contributed by atoms with E-state index in [0.29, 0.717) is 5.75 Å². The number of carbonyl (C=O) groups excluding carboxylic acids is 1. The summed E-state index contributed by atoms with van der Waals surface area (Å²) >= 11 is 0. The predicted octanol–water partition coefficient (Wildman–Crippen LogP) is 4.65. The molecule has 9 nitrogen and oxygen atoms in total. The summed E-state index contributed by atoms with van der Waals surface area (Å²) in [5.74, 6) is -1.76. The third-order valence-electron chi connectivity index (χ3n) is 5.39. The second-order valence-electron chi connectivity index (χ2n) is 8.38. The molecule has 4 aromatic rings. The molecular weight excluding hydrogens is 499 g/mol. The Morgan fingerprint density at radius 3 is 2.41 bits per heavy atom. The molecule has 0 aliphatic carbocycles. The number of nitrogens with two attached hydrogens (primary N) is 1. The molecule has 0 bridgehead atoms. The van der Waals surface area contributed by atoms with Crippen LogP contribution in [0.5, 0.6) is 17.4 Å². The first kappa shape index (κ1) is 25.6. The number of hydrogen-bond donors (Lipinski definition) is 3. The number of ether oxygens (including phenoxy) is 1. The fourth-order valence-electron chi connectivity index (χ4n) is 3.79. The van der Waals surface area contributed by atoms with Gasteiger partial charge in [-0.1, -0.05) is 23.8 Å². The van der Waals surface area contributed by atoms with Gasteiger partial charge in [-0.05, 0) is 74.4 Å². The number of aromatic nitrogens is 2. The Balaban J connectivity index is 0.00000400. The first-order chi connectivity index (χ1) is 17.4. The Bertz CT molecular complexity index is 1620. The lowest BCUT2D eigenvalue weighted by atomic mass is 10.1. The topological polar surface area (TPSA) is 144 Å². The molecule has 192 valence electrons. The molecule has 0 atom stereocenters. The minimum absolute atomic E-state index is 0. The van der Waals surface area contributed by atoms with Gasteiger partial charge in [-0.2, -0.15) is 8.42 Å². The summed E-state index contributed by atoms with van der Waals surface area (Å²) in [6.07, 6.45) is 0. The number of anilines is 1. The summed E-state index contributed by atoms with van der Waals surface area (Å²) in [5.41, 5.74) is 8.02. The van der Waals surface area contributed by atoms with Crippen molar-refractivity contribution in [3.63, 3.8) is 0 Å². The maximum absolute atomic E-state index is 13.9. The van der Waals surface area contributed by atoms with Crippen molar-refractivity contribution in [2.75, 3.05) is 5.73 Å². The van der Waals surface area contributed by atoms with Gasteiger partial charge in [0.15, 0.2) is 5.03 Å². The van der Waals surface area contributed by atoms with Gasteiger partial charge in [-0.3, -0.25) is 4.79 Å².